The number of ether oxygens (including phenoxy) is 1. The largest absolute Gasteiger partial charge is 0.454 e. The van der Waals surface area contributed by atoms with Crippen LogP contribution < -0.4 is 10.6 Å². The molecule has 2 amide bonds. The molecule has 1 heterocycles. The van der Waals surface area contributed by atoms with E-state index in [0.717, 1.165) is 4.47 Å². The van der Waals surface area contributed by atoms with Crippen LogP contribution in [0, 0.1) is 0 Å². The summed E-state index contributed by atoms with van der Waals surface area (Å²) >= 11 is 3.24. The summed E-state index contributed by atoms with van der Waals surface area (Å²) in [6.45, 7) is -0.904. The fraction of sp³-hybridized carbons (Fsp3) is 0.400. The van der Waals surface area contributed by atoms with Crippen molar-refractivity contribution in [1.29, 1.82) is 0 Å². The van der Waals surface area contributed by atoms with Gasteiger partial charge in [0.05, 0.1) is 11.5 Å². The molecule has 1 aliphatic rings. The van der Waals surface area contributed by atoms with Gasteiger partial charge in [-0.25, -0.2) is 8.42 Å². The van der Waals surface area contributed by atoms with Crippen molar-refractivity contribution in [3.8, 4) is 0 Å². The number of halogens is 1. The summed E-state index contributed by atoms with van der Waals surface area (Å²) in [5.41, 5.74) is 0.377. The summed E-state index contributed by atoms with van der Waals surface area (Å²) in [4.78, 5) is 35.1. The molecule has 0 bridgehead atoms. The molecule has 2 N–H and O–H groups in total. The number of amides is 2. The Morgan fingerprint density at radius 3 is 2.68 bits per heavy atom. The molecule has 1 fully saturated rings. The van der Waals surface area contributed by atoms with Gasteiger partial charge in [0.2, 0.25) is 0 Å². The van der Waals surface area contributed by atoms with Gasteiger partial charge in [-0.3, -0.25) is 14.4 Å². The highest BCUT2D eigenvalue weighted by molar-refractivity contribution is 9.10. The number of carbonyl (C=O) groups excluding carboxylic acids is 3. The van der Waals surface area contributed by atoms with Crippen LogP contribution >= 0.6 is 15.9 Å². The van der Waals surface area contributed by atoms with Gasteiger partial charge in [0.25, 0.3) is 11.8 Å². The predicted octanol–water partition coefficient (Wildman–Crippen LogP) is 0.0254. The van der Waals surface area contributed by atoms with Crippen LogP contribution in [0.25, 0.3) is 0 Å². The van der Waals surface area contributed by atoms with Crippen molar-refractivity contribution < 1.29 is 27.5 Å². The van der Waals surface area contributed by atoms with Gasteiger partial charge in [0.15, 0.2) is 16.4 Å². The van der Waals surface area contributed by atoms with Crippen LogP contribution in [0.2, 0.25) is 0 Å². The van der Waals surface area contributed by atoms with Crippen molar-refractivity contribution in [2.45, 2.75) is 12.5 Å². The number of rotatable bonds is 6. The van der Waals surface area contributed by atoms with Crippen molar-refractivity contribution in [1.82, 2.24) is 10.6 Å². The lowest BCUT2D eigenvalue weighted by atomic mass is 10.2. The molecule has 0 saturated carbocycles. The normalized spacial score (nSPS) is 18.4. The molecule has 1 atom stereocenters. The third kappa shape index (κ3) is 6.46. The van der Waals surface area contributed by atoms with Crippen molar-refractivity contribution in [3.05, 3.63) is 34.3 Å². The Balaban J connectivity index is 1.68. The van der Waals surface area contributed by atoms with Gasteiger partial charge in [-0.05, 0) is 24.6 Å². The lowest BCUT2D eigenvalue weighted by Crippen LogP contribution is -2.39. The summed E-state index contributed by atoms with van der Waals surface area (Å²) in [6.07, 6.45) is 0.352. The molecule has 136 valence electrons. The topological polar surface area (TPSA) is 119 Å². The minimum Gasteiger partial charge on any atom is -0.454 e. The van der Waals surface area contributed by atoms with E-state index < -0.39 is 40.3 Å². The Bertz CT molecular complexity index is 780. The highest BCUT2D eigenvalue weighted by Gasteiger charge is 2.29. The van der Waals surface area contributed by atoms with E-state index in [2.05, 4.69) is 26.6 Å². The van der Waals surface area contributed by atoms with Crippen LogP contribution in [0.5, 0.6) is 0 Å². The SMILES string of the molecule is O=C(COC(=O)CNC(=O)c1cccc(Br)c1)NC1CCS(=O)(=O)C1. The monoisotopic (exact) mass is 432 g/mol. The third-order valence-electron chi connectivity index (χ3n) is 3.44. The van der Waals surface area contributed by atoms with Gasteiger partial charge in [-0.15, -0.1) is 0 Å². The Morgan fingerprint density at radius 1 is 1.28 bits per heavy atom. The van der Waals surface area contributed by atoms with Crippen LogP contribution in [-0.4, -0.2) is 56.9 Å². The minimum atomic E-state index is -3.09. The Morgan fingerprint density at radius 2 is 2.04 bits per heavy atom. The molecule has 1 aromatic carbocycles. The molecular weight excluding hydrogens is 416 g/mol. The molecule has 25 heavy (non-hydrogen) atoms. The molecule has 8 nitrogen and oxygen atoms in total. The first kappa shape index (κ1) is 19.4. The predicted molar refractivity (Wildman–Crippen MR) is 92.6 cm³/mol. The van der Waals surface area contributed by atoms with Gasteiger partial charge in [-0.2, -0.15) is 0 Å². The van der Waals surface area contributed by atoms with E-state index in [0.29, 0.717) is 12.0 Å². The number of hydrogen-bond acceptors (Lipinski definition) is 6. The van der Waals surface area contributed by atoms with E-state index in [1.165, 1.54) is 0 Å². The van der Waals surface area contributed by atoms with E-state index in [9.17, 15) is 22.8 Å². The van der Waals surface area contributed by atoms with E-state index >= 15 is 0 Å². The summed E-state index contributed by atoms with van der Waals surface area (Å²) < 4.78 is 28.1. The van der Waals surface area contributed by atoms with E-state index in [-0.39, 0.29) is 18.1 Å². The summed E-state index contributed by atoms with van der Waals surface area (Å²) in [6, 6.07) is 6.19. The van der Waals surface area contributed by atoms with Gasteiger partial charge < -0.3 is 15.4 Å². The van der Waals surface area contributed by atoms with Crippen molar-refractivity contribution in [3.63, 3.8) is 0 Å². The van der Waals surface area contributed by atoms with Gasteiger partial charge in [-0.1, -0.05) is 22.0 Å². The van der Waals surface area contributed by atoms with E-state index in [1.54, 1.807) is 24.3 Å². The average molecular weight is 433 g/mol. The van der Waals surface area contributed by atoms with Crippen molar-refractivity contribution >= 4 is 43.6 Å². The van der Waals surface area contributed by atoms with Crippen LogP contribution in [0.3, 0.4) is 0 Å². The second-order valence-electron chi connectivity index (χ2n) is 5.52. The van der Waals surface area contributed by atoms with Gasteiger partial charge >= 0.3 is 5.97 Å². The van der Waals surface area contributed by atoms with Gasteiger partial charge in [0.1, 0.15) is 6.54 Å². The minimum absolute atomic E-state index is 0.0410. The molecule has 0 radical (unpaired) electrons. The zero-order valence-electron chi connectivity index (χ0n) is 13.2. The van der Waals surface area contributed by atoms with Crippen LogP contribution in [0.1, 0.15) is 16.8 Å². The smallest absolute Gasteiger partial charge is 0.325 e. The summed E-state index contributed by atoms with van der Waals surface area (Å²) in [5, 5.41) is 4.89. The Kier molecular flexibility index (Phi) is 6.54. The first-order valence-electron chi connectivity index (χ1n) is 7.44. The number of nitrogens with one attached hydrogen (secondary N) is 2. The van der Waals surface area contributed by atoms with Crippen LogP contribution in [-0.2, 0) is 24.2 Å². The first-order valence-corrected chi connectivity index (χ1v) is 10.1. The second kappa shape index (κ2) is 8.43. The number of esters is 1. The highest BCUT2D eigenvalue weighted by Crippen LogP contribution is 2.12. The van der Waals surface area contributed by atoms with Crippen molar-refractivity contribution in [2.24, 2.45) is 0 Å². The average Bonchev–Trinajstić information content (AvgIpc) is 2.89. The number of sulfone groups is 1. The fourth-order valence-corrected chi connectivity index (χ4v) is 4.33. The molecular formula is C15H17BrN2O6S. The van der Waals surface area contributed by atoms with Crippen LogP contribution in [0.4, 0.5) is 0 Å². The molecule has 0 spiro atoms. The molecule has 2 rings (SSSR count). The molecule has 1 aliphatic heterocycles. The van der Waals surface area contributed by atoms with E-state index in [4.69, 9.17) is 4.74 Å². The van der Waals surface area contributed by atoms with E-state index in [1.807, 2.05) is 0 Å². The zero-order chi connectivity index (χ0) is 18.4. The highest BCUT2D eigenvalue weighted by atomic mass is 79.9. The number of benzene rings is 1. The molecule has 10 heteroatoms. The Labute approximate surface area is 153 Å². The maximum atomic E-state index is 11.9. The number of hydrogen-bond donors (Lipinski definition) is 2. The zero-order valence-corrected chi connectivity index (χ0v) is 15.6. The summed E-state index contributed by atoms with van der Waals surface area (Å²) in [7, 11) is -3.09. The fourth-order valence-electron chi connectivity index (χ4n) is 2.26. The molecule has 1 unspecified atom stereocenters. The van der Waals surface area contributed by atoms with Gasteiger partial charge in [0, 0.05) is 16.1 Å². The lowest BCUT2D eigenvalue weighted by Gasteiger charge is -2.11. The maximum Gasteiger partial charge on any atom is 0.325 e. The molecule has 0 aliphatic carbocycles. The third-order valence-corrected chi connectivity index (χ3v) is 5.70. The van der Waals surface area contributed by atoms with Crippen molar-refractivity contribution in [2.75, 3.05) is 24.7 Å². The quantitative estimate of drug-likeness (QED) is 0.611. The maximum absolute atomic E-state index is 11.9. The number of carbonyl (C=O) groups is 3. The first-order chi connectivity index (χ1) is 11.7. The molecule has 1 saturated heterocycles. The second-order valence-corrected chi connectivity index (χ2v) is 8.67. The molecule has 0 aromatic heterocycles. The molecule has 1 aromatic rings. The Hall–Kier alpha value is -1.94. The van der Waals surface area contributed by atoms with Crippen LogP contribution in [0.15, 0.2) is 28.7 Å². The standard InChI is InChI=1S/C15H17BrN2O6S/c16-11-3-1-2-10(6-11)15(21)17-7-14(20)24-8-13(19)18-12-4-5-25(22,23)9-12/h1-3,6,12H,4-5,7-9H2,(H,17,21)(H,18,19). The lowest BCUT2D eigenvalue weighted by molar-refractivity contribution is -0.147. The summed E-state index contributed by atoms with van der Waals surface area (Å²) in [5.74, 6) is -1.85.